The number of rotatable bonds is 7. The molecule has 4 heterocycles. The standard InChI is InChI=1S/C28H34N4O3/c33-27(30-14-3-1-4-15-30)23-11-9-22(10-12-23)7-2-5-16-32-21-24(26-25(32)8-6-13-29-26)28(34)31-17-19-35-20-18-31/h6,8-13,21H,1-5,7,14-20H2. The summed E-state index contributed by atoms with van der Waals surface area (Å²) in [4.78, 5) is 34.1. The Bertz CT molecular complexity index is 1160. The van der Waals surface area contributed by atoms with Gasteiger partial charge in [-0.3, -0.25) is 14.6 Å². The molecule has 7 nitrogen and oxygen atoms in total. The van der Waals surface area contributed by atoms with E-state index in [0.717, 1.165) is 68.3 Å². The maximum Gasteiger partial charge on any atom is 0.257 e. The number of nitrogens with zero attached hydrogens (tertiary/aromatic N) is 4. The van der Waals surface area contributed by atoms with E-state index >= 15 is 0 Å². The third kappa shape index (κ3) is 5.40. The number of hydrogen-bond acceptors (Lipinski definition) is 4. The Kier molecular flexibility index (Phi) is 7.42. The fourth-order valence-corrected chi connectivity index (χ4v) is 5.11. The molecule has 2 aliphatic rings. The molecule has 2 aliphatic heterocycles. The lowest BCUT2D eigenvalue weighted by atomic mass is 10.0. The van der Waals surface area contributed by atoms with Crippen molar-refractivity contribution in [3.63, 3.8) is 0 Å². The fraction of sp³-hybridized carbons (Fsp3) is 0.464. The van der Waals surface area contributed by atoms with Crippen molar-refractivity contribution in [3.05, 3.63) is 65.5 Å². The highest BCUT2D eigenvalue weighted by molar-refractivity contribution is 6.05. The molecular weight excluding hydrogens is 440 g/mol. The van der Waals surface area contributed by atoms with Gasteiger partial charge >= 0.3 is 0 Å². The monoisotopic (exact) mass is 474 g/mol. The molecule has 2 saturated heterocycles. The quantitative estimate of drug-likeness (QED) is 0.483. The van der Waals surface area contributed by atoms with Crippen LogP contribution in [0.1, 0.15) is 58.4 Å². The number of unbranched alkanes of at least 4 members (excludes halogenated alkanes) is 1. The number of piperidine rings is 1. The Hall–Kier alpha value is -3.19. The van der Waals surface area contributed by atoms with E-state index in [2.05, 4.69) is 21.7 Å². The third-order valence-electron chi connectivity index (χ3n) is 7.12. The molecule has 2 fully saturated rings. The van der Waals surface area contributed by atoms with Crippen molar-refractivity contribution >= 4 is 22.8 Å². The third-order valence-corrected chi connectivity index (χ3v) is 7.12. The number of pyridine rings is 1. The van der Waals surface area contributed by atoms with Crippen LogP contribution < -0.4 is 0 Å². The zero-order valence-corrected chi connectivity index (χ0v) is 20.3. The van der Waals surface area contributed by atoms with Crippen LogP contribution in [0, 0.1) is 0 Å². The van der Waals surface area contributed by atoms with Crippen molar-refractivity contribution in [2.45, 2.75) is 45.1 Å². The average molecular weight is 475 g/mol. The molecule has 2 amide bonds. The Labute approximate surface area is 206 Å². The van der Waals surface area contributed by atoms with Crippen molar-refractivity contribution in [2.24, 2.45) is 0 Å². The number of aryl methyl sites for hydroxylation is 2. The SMILES string of the molecule is O=C(c1ccc(CCCCn2cc(C(=O)N3CCOCC3)c3ncccc32)cc1)N1CCCCC1. The Morgan fingerprint density at radius 3 is 2.37 bits per heavy atom. The van der Waals surface area contributed by atoms with Crippen LogP contribution in [0.5, 0.6) is 0 Å². The first-order valence-electron chi connectivity index (χ1n) is 12.9. The van der Waals surface area contributed by atoms with Crippen LogP contribution in [0.25, 0.3) is 11.0 Å². The highest BCUT2D eigenvalue weighted by atomic mass is 16.5. The Balaban J connectivity index is 1.17. The van der Waals surface area contributed by atoms with Gasteiger partial charge in [0.1, 0.15) is 5.52 Å². The van der Waals surface area contributed by atoms with Gasteiger partial charge in [0.05, 0.1) is 24.3 Å². The van der Waals surface area contributed by atoms with E-state index in [9.17, 15) is 9.59 Å². The fourth-order valence-electron chi connectivity index (χ4n) is 5.11. The Morgan fingerprint density at radius 1 is 0.857 bits per heavy atom. The largest absolute Gasteiger partial charge is 0.378 e. The van der Waals surface area contributed by atoms with Gasteiger partial charge in [0.15, 0.2) is 0 Å². The summed E-state index contributed by atoms with van der Waals surface area (Å²) >= 11 is 0. The zero-order valence-electron chi connectivity index (χ0n) is 20.3. The smallest absolute Gasteiger partial charge is 0.257 e. The van der Waals surface area contributed by atoms with Crippen LogP contribution in [-0.2, 0) is 17.7 Å². The van der Waals surface area contributed by atoms with Gasteiger partial charge in [-0.1, -0.05) is 12.1 Å². The second kappa shape index (κ2) is 11.0. The first-order valence-corrected chi connectivity index (χ1v) is 12.9. The van der Waals surface area contributed by atoms with Gasteiger partial charge in [0, 0.05) is 50.7 Å². The predicted molar refractivity (Wildman–Crippen MR) is 136 cm³/mol. The lowest BCUT2D eigenvalue weighted by Gasteiger charge is -2.26. The van der Waals surface area contributed by atoms with Gasteiger partial charge < -0.3 is 19.1 Å². The second-order valence-electron chi connectivity index (χ2n) is 9.52. The Morgan fingerprint density at radius 2 is 1.60 bits per heavy atom. The van der Waals surface area contributed by atoms with Crippen LogP contribution in [0.3, 0.4) is 0 Å². The number of ether oxygens (including phenoxy) is 1. The number of benzene rings is 1. The van der Waals surface area contributed by atoms with E-state index in [4.69, 9.17) is 4.74 Å². The van der Waals surface area contributed by atoms with E-state index in [1.165, 1.54) is 12.0 Å². The number of fused-ring (bicyclic) bond motifs is 1. The molecule has 5 rings (SSSR count). The molecular formula is C28H34N4O3. The minimum absolute atomic E-state index is 0.0370. The van der Waals surface area contributed by atoms with Crippen LogP contribution >= 0.6 is 0 Å². The van der Waals surface area contributed by atoms with Crippen LogP contribution in [0.2, 0.25) is 0 Å². The molecule has 35 heavy (non-hydrogen) atoms. The molecule has 0 atom stereocenters. The van der Waals surface area contributed by atoms with Gasteiger partial charge in [-0.25, -0.2) is 0 Å². The predicted octanol–water partition coefficient (Wildman–Crippen LogP) is 4.16. The van der Waals surface area contributed by atoms with Gasteiger partial charge in [-0.2, -0.15) is 0 Å². The number of hydrogen-bond donors (Lipinski definition) is 0. The highest BCUT2D eigenvalue weighted by Gasteiger charge is 2.23. The highest BCUT2D eigenvalue weighted by Crippen LogP contribution is 2.22. The van der Waals surface area contributed by atoms with Gasteiger partial charge in [0.25, 0.3) is 11.8 Å². The summed E-state index contributed by atoms with van der Waals surface area (Å²) in [6, 6.07) is 12.1. The van der Waals surface area contributed by atoms with Crippen molar-refractivity contribution in [1.82, 2.24) is 19.4 Å². The molecule has 0 spiro atoms. The van der Waals surface area contributed by atoms with Gasteiger partial charge in [-0.05, 0) is 68.4 Å². The minimum atomic E-state index is 0.0370. The van der Waals surface area contributed by atoms with E-state index < -0.39 is 0 Å². The lowest BCUT2D eigenvalue weighted by Crippen LogP contribution is -2.40. The van der Waals surface area contributed by atoms with E-state index in [0.29, 0.717) is 31.9 Å². The molecule has 0 saturated carbocycles. The number of aromatic nitrogens is 2. The van der Waals surface area contributed by atoms with E-state index in [-0.39, 0.29) is 11.8 Å². The average Bonchev–Trinajstić information content (AvgIpc) is 3.30. The topological polar surface area (TPSA) is 67.7 Å². The zero-order chi connectivity index (χ0) is 24.0. The summed E-state index contributed by atoms with van der Waals surface area (Å²) in [6.07, 6.45) is 10.2. The van der Waals surface area contributed by atoms with E-state index in [1.54, 1.807) is 6.20 Å². The molecule has 7 heteroatoms. The van der Waals surface area contributed by atoms with Crippen molar-refractivity contribution < 1.29 is 14.3 Å². The van der Waals surface area contributed by atoms with Gasteiger partial charge in [-0.15, -0.1) is 0 Å². The number of amides is 2. The van der Waals surface area contributed by atoms with Crippen molar-refractivity contribution in [3.8, 4) is 0 Å². The summed E-state index contributed by atoms with van der Waals surface area (Å²) in [5, 5.41) is 0. The van der Waals surface area contributed by atoms with E-state index in [1.807, 2.05) is 40.3 Å². The lowest BCUT2D eigenvalue weighted by molar-refractivity contribution is 0.0304. The first-order chi connectivity index (χ1) is 17.2. The molecule has 0 aliphatic carbocycles. The first kappa shape index (κ1) is 23.5. The number of morpholine rings is 1. The maximum absolute atomic E-state index is 13.1. The molecule has 0 N–H and O–H groups in total. The molecule has 0 radical (unpaired) electrons. The molecule has 2 aromatic heterocycles. The number of likely N-dealkylation sites (tertiary alicyclic amines) is 1. The normalized spacial score (nSPS) is 16.6. The summed E-state index contributed by atoms with van der Waals surface area (Å²) in [5.41, 5.74) is 4.50. The number of carbonyl (C=O) groups is 2. The molecule has 3 aromatic rings. The van der Waals surface area contributed by atoms with Crippen LogP contribution in [-0.4, -0.2) is 70.6 Å². The molecule has 0 bridgehead atoms. The van der Waals surface area contributed by atoms with Crippen LogP contribution in [0.4, 0.5) is 0 Å². The van der Waals surface area contributed by atoms with Crippen LogP contribution in [0.15, 0.2) is 48.8 Å². The summed E-state index contributed by atoms with van der Waals surface area (Å²) < 4.78 is 7.56. The summed E-state index contributed by atoms with van der Waals surface area (Å²) in [7, 11) is 0. The summed E-state index contributed by atoms with van der Waals surface area (Å²) in [6.45, 7) is 5.02. The van der Waals surface area contributed by atoms with Crippen molar-refractivity contribution in [2.75, 3.05) is 39.4 Å². The van der Waals surface area contributed by atoms with Gasteiger partial charge in [0.2, 0.25) is 0 Å². The molecule has 1 aromatic carbocycles. The second-order valence-corrected chi connectivity index (χ2v) is 9.52. The molecule has 184 valence electrons. The number of carbonyl (C=O) groups excluding carboxylic acids is 2. The summed E-state index contributed by atoms with van der Waals surface area (Å²) in [5.74, 6) is 0.196. The minimum Gasteiger partial charge on any atom is -0.378 e. The molecule has 0 unspecified atom stereocenters. The van der Waals surface area contributed by atoms with Crippen molar-refractivity contribution in [1.29, 1.82) is 0 Å². The maximum atomic E-state index is 13.1.